The molecule has 0 aromatic carbocycles. The Labute approximate surface area is 103 Å². The molecule has 0 radical (unpaired) electrons. The van der Waals surface area contributed by atoms with Gasteiger partial charge in [0.15, 0.2) is 0 Å². The van der Waals surface area contributed by atoms with Crippen molar-refractivity contribution < 1.29 is 8.42 Å². The normalized spacial score (nSPS) is 14.4. The van der Waals surface area contributed by atoms with Gasteiger partial charge in [0, 0.05) is 19.1 Å². The van der Waals surface area contributed by atoms with Crippen molar-refractivity contribution in [2.24, 2.45) is 5.73 Å². The molecule has 0 aliphatic carbocycles. The molecular weight excluding hydrogens is 246 g/mol. The zero-order valence-corrected chi connectivity index (χ0v) is 11.9. The molecule has 96 valence electrons. The summed E-state index contributed by atoms with van der Waals surface area (Å²) >= 11 is 4.66. The van der Waals surface area contributed by atoms with Crippen LogP contribution in [0.5, 0.6) is 0 Å². The van der Waals surface area contributed by atoms with Crippen LogP contribution in [0.2, 0.25) is 0 Å². The van der Waals surface area contributed by atoms with Gasteiger partial charge in [-0.1, -0.05) is 12.2 Å². The van der Waals surface area contributed by atoms with Gasteiger partial charge in [0.05, 0.1) is 4.99 Å². The lowest BCUT2D eigenvalue weighted by atomic mass is 10.3. The summed E-state index contributed by atoms with van der Waals surface area (Å²) in [6.45, 7) is 6.60. The zero-order valence-electron chi connectivity index (χ0n) is 10.2. The quantitative estimate of drug-likeness (QED) is 0.631. The fourth-order valence-corrected chi connectivity index (χ4v) is 2.21. The third kappa shape index (κ3) is 5.20. The number of nitrogens with zero attached hydrogens (tertiary/aromatic N) is 1. The van der Waals surface area contributed by atoms with Gasteiger partial charge in [-0.15, -0.1) is 0 Å². The van der Waals surface area contributed by atoms with E-state index in [2.05, 4.69) is 16.9 Å². The van der Waals surface area contributed by atoms with E-state index in [1.54, 1.807) is 0 Å². The number of nitrogens with two attached hydrogens (primary N) is 1. The molecule has 0 fully saturated rings. The van der Waals surface area contributed by atoms with Crippen LogP contribution in [0.4, 0.5) is 0 Å². The summed E-state index contributed by atoms with van der Waals surface area (Å²) in [4.78, 5) is 2.04. The van der Waals surface area contributed by atoms with E-state index < -0.39 is 15.3 Å². The number of thiocarbonyl (C=S) groups is 1. The summed E-state index contributed by atoms with van der Waals surface area (Å²) in [5.41, 5.74) is 5.30. The number of hydrogen-bond donors (Lipinski definition) is 2. The van der Waals surface area contributed by atoms with Crippen LogP contribution in [0, 0.1) is 0 Å². The van der Waals surface area contributed by atoms with Crippen LogP contribution in [0.3, 0.4) is 0 Å². The molecule has 0 aliphatic rings. The molecule has 0 aromatic rings. The minimum absolute atomic E-state index is 0.00952. The van der Waals surface area contributed by atoms with Crippen LogP contribution in [0.1, 0.15) is 20.8 Å². The Morgan fingerprint density at radius 3 is 2.31 bits per heavy atom. The number of sulfonamides is 1. The Kier molecular flexibility index (Phi) is 6.39. The van der Waals surface area contributed by atoms with Gasteiger partial charge < -0.3 is 10.6 Å². The highest BCUT2D eigenvalue weighted by molar-refractivity contribution is 7.93. The maximum Gasteiger partial charge on any atom is 0.220 e. The van der Waals surface area contributed by atoms with Gasteiger partial charge in [-0.3, -0.25) is 0 Å². The predicted molar refractivity (Wildman–Crippen MR) is 70.9 cm³/mol. The molecule has 0 saturated heterocycles. The molecule has 0 heterocycles. The van der Waals surface area contributed by atoms with Crippen LogP contribution in [-0.4, -0.2) is 49.7 Å². The number of nitrogens with one attached hydrogen (secondary N) is 1. The Balaban J connectivity index is 4.16. The van der Waals surface area contributed by atoms with Crippen LogP contribution in [0.25, 0.3) is 0 Å². The molecule has 0 aromatic heterocycles. The van der Waals surface area contributed by atoms with Crippen molar-refractivity contribution in [2.45, 2.75) is 32.1 Å². The highest BCUT2D eigenvalue weighted by Crippen LogP contribution is 1.98. The Hall–Kier alpha value is -0.240. The summed E-state index contributed by atoms with van der Waals surface area (Å²) in [6.07, 6.45) is 0. The highest BCUT2D eigenvalue weighted by atomic mass is 32.2. The molecule has 1 unspecified atom stereocenters. The monoisotopic (exact) mass is 267 g/mol. The second-order valence-corrected chi connectivity index (χ2v) is 6.62. The van der Waals surface area contributed by atoms with Gasteiger partial charge in [0.2, 0.25) is 10.0 Å². The van der Waals surface area contributed by atoms with Crippen molar-refractivity contribution >= 4 is 27.2 Å². The first kappa shape index (κ1) is 15.8. The fourth-order valence-electron chi connectivity index (χ4n) is 0.900. The number of rotatable bonds is 7. The van der Waals surface area contributed by atoms with Crippen molar-refractivity contribution in [3.05, 3.63) is 0 Å². The van der Waals surface area contributed by atoms with Crippen molar-refractivity contribution in [3.8, 4) is 0 Å². The van der Waals surface area contributed by atoms with Crippen LogP contribution in [-0.2, 0) is 10.0 Å². The first-order chi connectivity index (χ1) is 7.18. The molecule has 0 bridgehead atoms. The van der Waals surface area contributed by atoms with Gasteiger partial charge >= 0.3 is 0 Å². The van der Waals surface area contributed by atoms with Gasteiger partial charge in [-0.2, -0.15) is 0 Å². The molecule has 0 saturated carbocycles. The molecule has 3 N–H and O–H groups in total. The van der Waals surface area contributed by atoms with E-state index in [1.807, 2.05) is 25.8 Å². The second kappa shape index (κ2) is 6.48. The number of hydrogen-bond acceptors (Lipinski definition) is 4. The van der Waals surface area contributed by atoms with Crippen molar-refractivity contribution in [1.29, 1.82) is 0 Å². The lowest BCUT2D eigenvalue weighted by Crippen LogP contribution is -2.43. The summed E-state index contributed by atoms with van der Waals surface area (Å²) < 4.78 is 25.7. The molecule has 1 atom stereocenters. The SMILES string of the molecule is CC(C)N(C)CCNS(=O)(=O)C(C)C(N)=S. The van der Waals surface area contributed by atoms with Crippen LogP contribution < -0.4 is 10.5 Å². The van der Waals surface area contributed by atoms with E-state index in [4.69, 9.17) is 5.73 Å². The van der Waals surface area contributed by atoms with E-state index in [9.17, 15) is 8.42 Å². The minimum Gasteiger partial charge on any atom is -0.392 e. The third-order valence-electron chi connectivity index (χ3n) is 2.52. The molecule has 0 rings (SSSR count). The lowest BCUT2D eigenvalue weighted by Gasteiger charge is -2.21. The van der Waals surface area contributed by atoms with Gasteiger partial charge in [0.1, 0.15) is 5.25 Å². The van der Waals surface area contributed by atoms with E-state index in [0.717, 1.165) is 0 Å². The maximum atomic E-state index is 11.6. The highest BCUT2D eigenvalue weighted by Gasteiger charge is 2.22. The number of likely N-dealkylation sites (N-methyl/N-ethyl adjacent to an activating group) is 1. The van der Waals surface area contributed by atoms with E-state index >= 15 is 0 Å². The van der Waals surface area contributed by atoms with Crippen LogP contribution in [0.15, 0.2) is 0 Å². The summed E-state index contributed by atoms with van der Waals surface area (Å²) in [5, 5.41) is -0.827. The van der Waals surface area contributed by atoms with Gasteiger partial charge in [0.25, 0.3) is 0 Å². The standard InChI is InChI=1S/C9H21N3O2S2/c1-7(2)12(4)6-5-11-16(13,14)8(3)9(10)15/h7-8,11H,5-6H2,1-4H3,(H2,10,15). The molecule has 0 spiro atoms. The molecule has 0 amide bonds. The Morgan fingerprint density at radius 1 is 1.44 bits per heavy atom. The first-order valence-electron chi connectivity index (χ1n) is 5.16. The minimum atomic E-state index is -3.42. The summed E-state index contributed by atoms with van der Waals surface area (Å²) in [6, 6.07) is 0.387. The Morgan fingerprint density at radius 2 is 1.94 bits per heavy atom. The fraction of sp³-hybridized carbons (Fsp3) is 0.889. The second-order valence-electron chi connectivity index (χ2n) is 4.06. The Bertz CT molecular complexity index is 328. The lowest BCUT2D eigenvalue weighted by molar-refractivity contribution is 0.278. The van der Waals surface area contributed by atoms with E-state index in [1.165, 1.54) is 6.92 Å². The average Bonchev–Trinajstić information content (AvgIpc) is 2.15. The van der Waals surface area contributed by atoms with Crippen molar-refractivity contribution in [3.63, 3.8) is 0 Å². The summed E-state index contributed by atoms with van der Waals surface area (Å²) in [7, 11) is -1.48. The topological polar surface area (TPSA) is 75.4 Å². The molecular formula is C9H21N3O2S2. The largest absolute Gasteiger partial charge is 0.392 e. The first-order valence-corrected chi connectivity index (χ1v) is 7.12. The van der Waals surface area contributed by atoms with Gasteiger partial charge in [-0.25, -0.2) is 13.1 Å². The van der Waals surface area contributed by atoms with E-state index in [-0.39, 0.29) is 4.99 Å². The molecule has 7 heteroatoms. The van der Waals surface area contributed by atoms with Crippen molar-refractivity contribution in [1.82, 2.24) is 9.62 Å². The third-order valence-corrected chi connectivity index (χ3v) is 4.81. The molecule has 5 nitrogen and oxygen atoms in total. The van der Waals surface area contributed by atoms with Crippen LogP contribution >= 0.6 is 12.2 Å². The van der Waals surface area contributed by atoms with E-state index in [0.29, 0.717) is 19.1 Å². The van der Waals surface area contributed by atoms with Gasteiger partial charge in [-0.05, 0) is 27.8 Å². The average molecular weight is 267 g/mol. The maximum absolute atomic E-state index is 11.6. The summed E-state index contributed by atoms with van der Waals surface area (Å²) in [5.74, 6) is 0. The predicted octanol–water partition coefficient (Wildman–Crippen LogP) is -0.0794. The molecule has 0 aliphatic heterocycles. The smallest absolute Gasteiger partial charge is 0.220 e. The zero-order chi connectivity index (χ0) is 12.9. The van der Waals surface area contributed by atoms with Crippen molar-refractivity contribution in [2.75, 3.05) is 20.1 Å². The molecule has 16 heavy (non-hydrogen) atoms.